The lowest BCUT2D eigenvalue weighted by Gasteiger charge is -2.07. The maximum atomic E-state index is 12.3. The molecule has 2 N–H and O–H groups in total. The first kappa shape index (κ1) is 18.8. The minimum Gasteiger partial charge on any atom is -0.324 e. The Bertz CT molecular complexity index is 1100. The third-order valence-corrected chi connectivity index (χ3v) is 4.94. The number of nitrogens with zero attached hydrogens (tertiary/aromatic N) is 3. The molecular weight excluding hydrogens is 362 g/mol. The molecule has 0 saturated heterocycles. The summed E-state index contributed by atoms with van der Waals surface area (Å²) >= 11 is 0. The zero-order valence-corrected chi connectivity index (χ0v) is 16.4. The van der Waals surface area contributed by atoms with E-state index in [1.54, 1.807) is 18.5 Å². The van der Waals surface area contributed by atoms with Gasteiger partial charge >= 0.3 is 0 Å². The SMILES string of the molecule is C=C/C(=C\N=CC)NC(=O)Cc1ccc(-c2cnc3n[nH]c(C4CC4)c3c2)cc1. The van der Waals surface area contributed by atoms with Crippen molar-refractivity contribution in [3.8, 4) is 11.1 Å². The number of nitrogens with one attached hydrogen (secondary N) is 2. The molecular formula is C23H23N5O. The summed E-state index contributed by atoms with van der Waals surface area (Å²) in [6, 6.07) is 10.1. The van der Waals surface area contributed by atoms with Crippen LogP contribution in [-0.4, -0.2) is 27.3 Å². The zero-order chi connectivity index (χ0) is 20.2. The van der Waals surface area contributed by atoms with E-state index in [0.29, 0.717) is 11.6 Å². The molecule has 1 amide bonds. The first-order valence-corrected chi connectivity index (χ1v) is 9.71. The van der Waals surface area contributed by atoms with Gasteiger partial charge in [0.1, 0.15) is 0 Å². The maximum absolute atomic E-state index is 12.3. The molecule has 1 aliphatic rings. The standard InChI is InChI=1S/C23H23N5O/c1-3-19(14-24-4-2)26-21(29)11-15-5-7-16(8-6-15)18-12-20-22(17-9-10-17)27-28-23(20)25-13-18/h3-8,12-14,17H,1,9-11H2,2H3,(H,26,29)(H,25,27,28)/b19-14+,24-4?. The smallest absolute Gasteiger partial charge is 0.228 e. The highest BCUT2D eigenvalue weighted by Crippen LogP contribution is 2.42. The van der Waals surface area contributed by atoms with Crippen molar-refractivity contribution in [2.24, 2.45) is 4.99 Å². The van der Waals surface area contributed by atoms with Crippen molar-refractivity contribution >= 4 is 23.2 Å². The van der Waals surface area contributed by atoms with E-state index in [-0.39, 0.29) is 12.3 Å². The van der Waals surface area contributed by atoms with Gasteiger partial charge < -0.3 is 5.32 Å². The van der Waals surface area contributed by atoms with Crippen LogP contribution in [-0.2, 0) is 11.2 Å². The van der Waals surface area contributed by atoms with Crippen LogP contribution < -0.4 is 5.32 Å². The van der Waals surface area contributed by atoms with Gasteiger partial charge in [-0.3, -0.25) is 14.9 Å². The average Bonchev–Trinajstić information content (AvgIpc) is 3.50. The largest absolute Gasteiger partial charge is 0.324 e. The Morgan fingerprint density at radius 2 is 2.10 bits per heavy atom. The van der Waals surface area contributed by atoms with E-state index in [0.717, 1.165) is 27.7 Å². The van der Waals surface area contributed by atoms with Gasteiger partial charge in [0.2, 0.25) is 5.91 Å². The number of amides is 1. The number of aromatic nitrogens is 3. The van der Waals surface area contributed by atoms with Gasteiger partial charge in [-0.1, -0.05) is 30.8 Å². The molecule has 2 heterocycles. The summed E-state index contributed by atoms with van der Waals surface area (Å²) in [5.74, 6) is 0.487. The number of benzene rings is 1. The molecule has 0 atom stereocenters. The lowest BCUT2D eigenvalue weighted by Crippen LogP contribution is -2.23. The summed E-state index contributed by atoms with van der Waals surface area (Å²) < 4.78 is 0. The second kappa shape index (κ2) is 8.22. The van der Waals surface area contributed by atoms with Gasteiger partial charge in [0, 0.05) is 41.2 Å². The number of hydrogen-bond acceptors (Lipinski definition) is 4. The molecule has 29 heavy (non-hydrogen) atoms. The van der Waals surface area contributed by atoms with Crippen molar-refractivity contribution in [1.29, 1.82) is 0 Å². The molecule has 0 aliphatic heterocycles. The first-order valence-electron chi connectivity index (χ1n) is 9.71. The fraction of sp³-hybridized carbons (Fsp3) is 0.217. The monoisotopic (exact) mass is 385 g/mol. The molecule has 1 aliphatic carbocycles. The van der Waals surface area contributed by atoms with Crippen LogP contribution in [0.2, 0.25) is 0 Å². The van der Waals surface area contributed by atoms with Crippen molar-refractivity contribution in [2.75, 3.05) is 0 Å². The molecule has 3 aromatic rings. The summed E-state index contributed by atoms with van der Waals surface area (Å²) in [6.45, 7) is 5.50. The minimum absolute atomic E-state index is 0.106. The van der Waals surface area contributed by atoms with E-state index in [1.807, 2.05) is 37.4 Å². The molecule has 0 radical (unpaired) electrons. The number of hydrogen-bond donors (Lipinski definition) is 2. The number of allylic oxidation sites excluding steroid dienone is 1. The van der Waals surface area contributed by atoms with Crippen molar-refractivity contribution in [1.82, 2.24) is 20.5 Å². The highest BCUT2D eigenvalue weighted by Gasteiger charge is 2.27. The van der Waals surface area contributed by atoms with E-state index in [1.165, 1.54) is 18.5 Å². The van der Waals surface area contributed by atoms with Gasteiger partial charge in [0.15, 0.2) is 5.65 Å². The Balaban J connectivity index is 1.48. The Hall–Kier alpha value is -3.54. The number of pyridine rings is 1. The van der Waals surface area contributed by atoms with E-state index in [9.17, 15) is 4.79 Å². The van der Waals surface area contributed by atoms with Gasteiger partial charge in [-0.25, -0.2) is 4.98 Å². The Morgan fingerprint density at radius 1 is 1.31 bits per heavy atom. The third kappa shape index (κ3) is 4.32. The predicted octanol–water partition coefficient (Wildman–Crippen LogP) is 4.28. The number of aromatic amines is 1. The minimum atomic E-state index is -0.106. The molecule has 1 aromatic carbocycles. The Labute approximate surface area is 169 Å². The molecule has 1 fully saturated rings. The lowest BCUT2D eigenvalue weighted by atomic mass is 10.0. The topological polar surface area (TPSA) is 83.0 Å². The van der Waals surface area contributed by atoms with E-state index in [4.69, 9.17) is 0 Å². The molecule has 0 bridgehead atoms. The average molecular weight is 385 g/mol. The molecule has 6 heteroatoms. The van der Waals surface area contributed by atoms with Crippen LogP contribution in [0.25, 0.3) is 22.2 Å². The molecule has 4 rings (SSSR count). The molecule has 0 spiro atoms. The van der Waals surface area contributed by atoms with Gasteiger partial charge in [-0.15, -0.1) is 0 Å². The van der Waals surface area contributed by atoms with Gasteiger partial charge in [0.05, 0.1) is 12.1 Å². The normalized spacial score (nSPS) is 14.4. The summed E-state index contributed by atoms with van der Waals surface area (Å²) in [5, 5.41) is 11.4. The summed E-state index contributed by atoms with van der Waals surface area (Å²) in [5.41, 5.74) is 5.59. The zero-order valence-electron chi connectivity index (χ0n) is 16.4. The molecule has 2 aromatic heterocycles. The highest BCUT2D eigenvalue weighted by molar-refractivity contribution is 5.84. The van der Waals surface area contributed by atoms with E-state index < -0.39 is 0 Å². The summed E-state index contributed by atoms with van der Waals surface area (Å²) in [4.78, 5) is 20.7. The number of H-pyrrole nitrogens is 1. The van der Waals surface area contributed by atoms with Gasteiger partial charge in [-0.05, 0) is 43.0 Å². The van der Waals surface area contributed by atoms with Crippen molar-refractivity contribution < 1.29 is 4.79 Å². The van der Waals surface area contributed by atoms with Crippen molar-refractivity contribution in [3.63, 3.8) is 0 Å². The first-order chi connectivity index (χ1) is 14.2. The van der Waals surface area contributed by atoms with Crippen LogP contribution in [0.5, 0.6) is 0 Å². The fourth-order valence-corrected chi connectivity index (χ4v) is 3.26. The Kier molecular flexibility index (Phi) is 5.33. The number of fused-ring (bicyclic) bond motifs is 1. The lowest BCUT2D eigenvalue weighted by molar-refractivity contribution is -0.119. The van der Waals surface area contributed by atoms with Crippen molar-refractivity contribution in [3.05, 3.63) is 72.3 Å². The van der Waals surface area contributed by atoms with Crippen LogP contribution in [0.1, 0.15) is 36.9 Å². The van der Waals surface area contributed by atoms with Gasteiger partial charge in [0.25, 0.3) is 0 Å². The molecule has 6 nitrogen and oxygen atoms in total. The van der Waals surface area contributed by atoms with E-state index >= 15 is 0 Å². The molecule has 1 saturated carbocycles. The van der Waals surface area contributed by atoms with Crippen molar-refractivity contribution in [2.45, 2.75) is 32.1 Å². The van der Waals surface area contributed by atoms with Crippen LogP contribution in [0.4, 0.5) is 0 Å². The highest BCUT2D eigenvalue weighted by atomic mass is 16.1. The summed E-state index contributed by atoms with van der Waals surface area (Å²) in [7, 11) is 0. The van der Waals surface area contributed by atoms with Crippen LogP contribution in [0.15, 0.2) is 66.1 Å². The third-order valence-electron chi connectivity index (χ3n) is 4.94. The van der Waals surface area contributed by atoms with Crippen LogP contribution >= 0.6 is 0 Å². The second-order valence-corrected chi connectivity index (χ2v) is 7.12. The number of rotatable bonds is 7. The summed E-state index contributed by atoms with van der Waals surface area (Å²) in [6.07, 6.45) is 9.35. The Morgan fingerprint density at radius 3 is 2.79 bits per heavy atom. The predicted molar refractivity (Wildman–Crippen MR) is 116 cm³/mol. The van der Waals surface area contributed by atoms with E-state index in [2.05, 4.69) is 38.1 Å². The molecule has 146 valence electrons. The van der Waals surface area contributed by atoms with Gasteiger partial charge in [-0.2, -0.15) is 5.10 Å². The van der Waals surface area contributed by atoms with Crippen LogP contribution in [0, 0.1) is 0 Å². The molecule has 0 unspecified atom stereocenters. The number of carbonyl (C=O) groups is 1. The number of carbonyl (C=O) groups excluding carboxylic acids is 1. The quantitative estimate of drug-likeness (QED) is 0.470. The number of aliphatic imine (C=N–C) groups is 1. The van der Waals surface area contributed by atoms with Crippen LogP contribution in [0.3, 0.4) is 0 Å². The maximum Gasteiger partial charge on any atom is 0.228 e. The fourth-order valence-electron chi connectivity index (χ4n) is 3.26. The second-order valence-electron chi connectivity index (χ2n) is 7.12.